The number of ether oxygens (including phenoxy) is 2. The number of hydrogen-bond acceptors (Lipinski definition) is 4. The standard InChI is InChI=1S/C20H21N3O4/c1-13-2-5-16(6-3-13)23-11-15(9-19(23)24)22-20(25)21-10-14-4-7-17-18(8-14)27-12-26-17/h2-8,15H,9-12H2,1H3,(H2,21,22,25)/t15-/m1/s1. The first-order valence-corrected chi connectivity index (χ1v) is 8.88. The summed E-state index contributed by atoms with van der Waals surface area (Å²) in [5, 5.41) is 5.69. The van der Waals surface area contributed by atoms with E-state index in [2.05, 4.69) is 10.6 Å². The van der Waals surface area contributed by atoms with Crippen molar-refractivity contribution in [2.75, 3.05) is 18.2 Å². The Bertz CT molecular complexity index is 866. The lowest BCUT2D eigenvalue weighted by Crippen LogP contribution is -2.43. The molecule has 0 spiro atoms. The predicted molar refractivity (Wildman–Crippen MR) is 99.9 cm³/mol. The number of hydrogen-bond donors (Lipinski definition) is 2. The molecule has 0 unspecified atom stereocenters. The van der Waals surface area contributed by atoms with Gasteiger partial charge in [0.25, 0.3) is 0 Å². The van der Waals surface area contributed by atoms with E-state index in [1.165, 1.54) is 0 Å². The maximum absolute atomic E-state index is 12.3. The van der Waals surface area contributed by atoms with E-state index >= 15 is 0 Å². The van der Waals surface area contributed by atoms with Crippen molar-refractivity contribution in [1.29, 1.82) is 0 Å². The summed E-state index contributed by atoms with van der Waals surface area (Å²) < 4.78 is 10.6. The fourth-order valence-corrected chi connectivity index (χ4v) is 3.25. The van der Waals surface area contributed by atoms with Crippen molar-refractivity contribution < 1.29 is 19.1 Å². The molecule has 27 heavy (non-hydrogen) atoms. The Balaban J connectivity index is 1.29. The molecule has 1 saturated heterocycles. The minimum atomic E-state index is -0.295. The third-order valence-electron chi connectivity index (χ3n) is 4.70. The van der Waals surface area contributed by atoms with Crippen LogP contribution in [-0.2, 0) is 11.3 Å². The van der Waals surface area contributed by atoms with Gasteiger partial charge >= 0.3 is 6.03 Å². The van der Waals surface area contributed by atoms with Gasteiger partial charge in [-0.3, -0.25) is 4.79 Å². The van der Waals surface area contributed by atoms with Crippen LogP contribution in [0.5, 0.6) is 11.5 Å². The number of fused-ring (bicyclic) bond motifs is 1. The second-order valence-corrected chi connectivity index (χ2v) is 6.76. The second-order valence-electron chi connectivity index (χ2n) is 6.76. The van der Waals surface area contributed by atoms with Crippen molar-refractivity contribution in [3.63, 3.8) is 0 Å². The maximum Gasteiger partial charge on any atom is 0.315 e. The molecular weight excluding hydrogens is 346 g/mol. The number of nitrogens with one attached hydrogen (secondary N) is 2. The van der Waals surface area contributed by atoms with Crippen LogP contribution in [0.1, 0.15) is 17.5 Å². The van der Waals surface area contributed by atoms with Crippen molar-refractivity contribution in [3.8, 4) is 11.5 Å². The zero-order valence-electron chi connectivity index (χ0n) is 15.0. The van der Waals surface area contributed by atoms with Crippen molar-refractivity contribution in [1.82, 2.24) is 10.6 Å². The van der Waals surface area contributed by atoms with Crippen molar-refractivity contribution >= 4 is 17.6 Å². The van der Waals surface area contributed by atoms with Crippen LogP contribution in [0.25, 0.3) is 0 Å². The first-order valence-electron chi connectivity index (χ1n) is 8.88. The summed E-state index contributed by atoms with van der Waals surface area (Å²) >= 11 is 0. The smallest absolute Gasteiger partial charge is 0.315 e. The molecule has 140 valence electrons. The largest absolute Gasteiger partial charge is 0.454 e. The molecule has 0 saturated carbocycles. The average molecular weight is 367 g/mol. The number of carbonyl (C=O) groups is 2. The van der Waals surface area contributed by atoms with E-state index in [-0.39, 0.29) is 24.8 Å². The molecule has 2 aromatic rings. The normalized spacial score (nSPS) is 17.9. The van der Waals surface area contributed by atoms with Crippen molar-refractivity contribution in [3.05, 3.63) is 53.6 Å². The van der Waals surface area contributed by atoms with Crippen LogP contribution in [0.2, 0.25) is 0 Å². The van der Waals surface area contributed by atoms with Crippen molar-refractivity contribution in [2.45, 2.75) is 25.9 Å². The molecule has 2 heterocycles. The Morgan fingerprint density at radius 2 is 1.93 bits per heavy atom. The molecule has 2 aromatic carbocycles. The number of anilines is 1. The number of rotatable bonds is 4. The molecule has 0 radical (unpaired) electrons. The van der Waals surface area contributed by atoms with Gasteiger partial charge in [0.15, 0.2) is 11.5 Å². The topological polar surface area (TPSA) is 79.9 Å². The summed E-state index contributed by atoms with van der Waals surface area (Å²) in [6, 6.07) is 12.8. The Morgan fingerprint density at radius 3 is 2.74 bits per heavy atom. The highest BCUT2D eigenvalue weighted by molar-refractivity contribution is 5.96. The molecule has 0 aliphatic carbocycles. The lowest BCUT2D eigenvalue weighted by atomic mass is 10.2. The first-order chi connectivity index (χ1) is 13.1. The molecule has 0 aromatic heterocycles. The van der Waals surface area contributed by atoms with E-state index in [1.54, 1.807) is 4.90 Å². The highest BCUT2D eigenvalue weighted by Crippen LogP contribution is 2.32. The van der Waals surface area contributed by atoms with Gasteiger partial charge in [-0.2, -0.15) is 0 Å². The third-order valence-corrected chi connectivity index (χ3v) is 4.70. The Morgan fingerprint density at radius 1 is 1.15 bits per heavy atom. The third kappa shape index (κ3) is 3.81. The SMILES string of the molecule is Cc1ccc(N2C[C@H](NC(=O)NCc3ccc4c(c3)OCO4)CC2=O)cc1. The molecule has 1 fully saturated rings. The van der Waals surface area contributed by atoms with Gasteiger partial charge < -0.3 is 25.0 Å². The maximum atomic E-state index is 12.3. The Labute approximate surface area is 157 Å². The summed E-state index contributed by atoms with van der Waals surface area (Å²) in [5.41, 5.74) is 2.91. The molecule has 2 aliphatic heterocycles. The minimum absolute atomic E-state index is 0.0138. The summed E-state index contributed by atoms with van der Waals surface area (Å²) in [7, 11) is 0. The van der Waals surface area contributed by atoms with Gasteiger partial charge in [0.2, 0.25) is 12.7 Å². The zero-order chi connectivity index (χ0) is 18.8. The summed E-state index contributed by atoms with van der Waals surface area (Å²) in [4.78, 5) is 26.2. The molecule has 2 N–H and O–H groups in total. The molecule has 1 atom stereocenters. The van der Waals surface area contributed by atoms with Crippen LogP contribution in [0, 0.1) is 6.92 Å². The van der Waals surface area contributed by atoms with E-state index in [0.717, 1.165) is 16.8 Å². The number of aryl methyl sites for hydroxylation is 1. The molecule has 3 amide bonds. The summed E-state index contributed by atoms with van der Waals surface area (Å²) in [5.74, 6) is 1.41. The quantitative estimate of drug-likeness (QED) is 0.869. The lowest BCUT2D eigenvalue weighted by Gasteiger charge is -2.17. The van der Waals surface area contributed by atoms with E-state index in [1.807, 2.05) is 49.4 Å². The van der Waals surface area contributed by atoms with E-state index < -0.39 is 0 Å². The van der Waals surface area contributed by atoms with Gasteiger partial charge in [-0.1, -0.05) is 23.8 Å². The fraction of sp³-hybridized carbons (Fsp3) is 0.300. The number of amides is 3. The summed E-state index contributed by atoms with van der Waals surface area (Å²) in [6.45, 7) is 3.06. The van der Waals surface area contributed by atoms with Gasteiger partial charge in [-0.25, -0.2) is 4.79 Å². The Hall–Kier alpha value is -3.22. The molecular formula is C20H21N3O4. The second kappa shape index (κ2) is 7.19. The molecule has 7 heteroatoms. The average Bonchev–Trinajstić information content (AvgIpc) is 3.26. The zero-order valence-corrected chi connectivity index (χ0v) is 15.0. The van der Waals surface area contributed by atoms with Crippen LogP contribution in [0.3, 0.4) is 0 Å². The van der Waals surface area contributed by atoms with E-state index in [9.17, 15) is 9.59 Å². The van der Waals surface area contributed by atoms with Crippen LogP contribution in [-0.4, -0.2) is 31.3 Å². The predicted octanol–water partition coefficient (Wildman–Crippen LogP) is 2.33. The van der Waals surface area contributed by atoms with Crippen molar-refractivity contribution in [2.24, 2.45) is 0 Å². The summed E-state index contributed by atoms with van der Waals surface area (Å²) in [6.07, 6.45) is 0.297. The lowest BCUT2D eigenvalue weighted by molar-refractivity contribution is -0.117. The molecule has 0 bridgehead atoms. The number of nitrogens with zero attached hydrogens (tertiary/aromatic N) is 1. The molecule has 2 aliphatic rings. The Kier molecular flexibility index (Phi) is 4.58. The minimum Gasteiger partial charge on any atom is -0.454 e. The highest BCUT2D eigenvalue weighted by atomic mass is 16.7. The van der Waals surface area contributed by atoms with Gasteiger partial charge in [0.1, 0.15) is 0 Å². The van der Waals surface area contributed by atoms with Gasteiger partial charge in [0.05, 0.1) is 6.04 Å². The number of urea groups is 1. The van der Waals surface area contributed by atoms with Crippen LogP contribution in [0.4, 0.5) is 10.5 Å². The van der Waals surface area contributed by atoms with E-state index in [4.69, 9.17) is 9.47 Å². The molecule has 4 rings (SSSR count). The van der Waals surface area contributed by atoms with Crippen LogP contribution >= 0.6 is 0 Å². The van der Waals surface area contributed by atoms with Crippen LogP contribution < -0.4 is 25.0 Å². The number of benzene rings is 2. The number of carbonyl (C=O) groups excluding carboxylic acids is 2. The monoisotopic (exact) mass is 367 g/mol. The fourth-order valence-electron chi connectivity index (χ4n) is 3.25. The van der Waals surface area contributed by atoms with Gasteiger partial charge in [-0.05, 0) is 36.8 Å². The van der Waals surface area contributed by atoms with Crippen LogP contribution in [0.15, 0.2) is 42.5 Å². The van der Waals surface area contributed by atoms with Gasteiger partial charge in [0, 0.05) is 25.2 Å². The first kappa shape index (κ1) is 17.2. The van der Waals surface area contributed by atoms with Gasteiger partial charge in [-0.15, -0.1) is 0 Å². The van der Waals surface area contributed by atoms with E-state index in [0.29, 0.717) is 31.0 Å². The molecule has 7 nitrogen and oxygen atoms in total. The highest BCUT2D eigenvalue weighted by Gasteiger charge is 2.31.